The molecule has 1 amide bonds. The summed E-state index contributed by atoms with van der Waals surface area (Å²) >= 11 is 0. The zero-order chi connectivity index (χ0) is 23.0. The number of unbranched alkanes of at least 4 members (excludes halogenated alkanes) is 1. The van der Waals surface area contributed by atoms with Gasteiger partial charge in [-0.3, -0.25) is 0 Å². The molecule has 2 atom stereocenters. The van der Waals surface area contributed by atoms with Crippen LogP contribution >= 0.6 is 7.05 Å². The third kappa shape index (κ3) is 5.53. The molecule has 2 unspecified atom stereocenters. The van der Waals surface area contributed by atoms with E-state index >= 15 is 0 Å². The number of nitrogens with zero attached hydrogens (tertiary/aromatic N) is 1. The van der Waals surface area contributed by atoms with Crippen molar-refractivity contribution in [2.75, 3.05) is 7.11 Å². The van der Waals surface area contributed by atoms with E-state index in [1.807, 2.05) is 97.9 Å². The van der Waals surface area contributed by atoms with Crippen LogP contribution in [-0.4, -0.2) is 18.4 Å². The molecule has 0 aliphatic carbocycles. The molecule has 3 aromatic rings. The first-order valence-electron chi connectivity index (χ1n) is 11.0. The Morgan fingerprint density at radius 1 is 0.939 bits per heavy atom. The van der Waals surface area contributed by atoms with Gasteiger partial charge in [-0.1, -0.05) is 129 Å². The summed E-state index contributed by atoms with van der Waals surface area (Å²) in [4.78, 5) is 12.8. The Morgan fingerprint density at radius 3 is 1.82 bits per heavy atom. The predicted octanol–water partition coefficient (Wildman–Crippen LogP) is 2.66. The van der Waals surface area contributed by atoms with E-state index in [9.17, 15) is 9.90 Å². The van der Waals surface area contributed by atoms with Crippen molar-refractivity contribution in [1.29, 1.82) is 0 Å². The average molecular weight is 455 g/mol. The summed E-state index contributed by atoms with van der Waals surface area (Å²) in [6.07, 6.45) is 0.732. The molecule has 0 radical (unpaired) electrons. The van der Waals surface area contributed by atoms with Crippen molar-refractivity contribution in [3.05, 3.63) is 96.6 Å². The summed E-state index contributed by atoms with van der Waals surface area (Å²) < 4.78 is 9.84. The van der Waals surface area contributed by atoms with E-state index in [1.54, 1.807) is 0 Å². The van der Waals surface area contributed by atoms with Crippen LogP contribution in [0.5, 0.6) is 0 Å². The molecule has 33 heavy (non-hydrogen) atoms. The maximum atomic E-state index is 14.3. The second-order valence-corrected chi connectivity index (χ2v) is 11.7. The van der Waals surface area contributed by atoms with Gasteiger partial charge in [0.15, 0.2) is 0 Å². The SMILES string of the molecule is CCCCC(C)(C([O-])c1ccccc1)P(=NC(=O)OC)(c1ccccc1)c1ccccc1.[Li+]. The summed E-state index contributed by atoms with van der Waals surface area (Å²) in [5, 5.41) is 15.3. The molecular weight excluding hydrogens is 424 g/mol. The second kappa shape index (κ2) is 12.4. The second-order valence-electron chi connectivity index (χ2n) is 8.13. The minimum Gasteiger partial charge on any atom is -0.848 e. The van der Waals surface area contributed by atoms with E-state index < -0.39 is 24.4 Å². The Balaban J connectivity index is 0.00000385. The molecule has 3 aromatic carbocycles. The van der Waals surface area contributed by atoms with Crippen LogP contribution in [0.25, 0.3) is 0 Å². The summed E-state index contributed by atoms with van der Waals surface area (Å²) in [5.41, 5.74) is 0.711. The minimum absolute atomic E-state index is 0. The van der Waals surface area contributed by atoms with Gasteiger partial charge in [0, 0.05) is 12.2 Å². The number of methoxy groups -OCH3 is 1. The first kappa shape index (κ1) is 27.2. The van der Waals surface area contributed by atoms with Crippen LogP contribution < -0.4 is 34.6 Å². The van der Waals surface area contributed by atoms with Crippen molar-refractivity contribution in [1.82, 2.24) is 0 Å². The van der Waals surface area contributed by atoms with Gasteiger partial charge in [-0.2, -0.15) is 4.74 Å². The van der Waals surface area contributed by atoms with Crippen molar-refractivity contribution in [3.8, 4) is 0 Å². The molecule has 4 nitrogen and oxygen atoms in total. The van der Waals surface area contributed by atoms with Crippen LogP contribution in [0.3, 0.4) is 0 Å². The fourth-order valence-corrected chi connectivity index (χ4v) is 8.84. The quantitative estimate of drug-likeness (QED) is 0.388. The number of hydrogen-bond acceptors (Lipinski definition) is 3. The summed E-state index contributed by atoms with van der Waals surface area (Å²) in [6.45, 7) is 4.14. The smallest absolute Gasteiger partial charge is 0.848 e. The van der Waals surface area contributed by atoms with Gasteiger partial charge in [-0.25, -0.2) is 4.79 Å². The van der Waals surface area contributed by atoms with E-state index in [0.717, 1.165) is 23.5 Å². The van der Waals surface area contributed by atoms with Crippen LogP contribution in [-0.2, 0) is 4.74 Å². The fraction of sp³-hybridized carbons (Fsp3) is 0.296. The van der Waals surface area contributed by atoms with Gasteiger partial charge in [0.05, 0.1) is 7.11 Å². The fourth-order valence-electron chi connectivity index (χ4n) is 4.40. The molecule has 0 aromatic heterocycles. The molecule has 0 bridgehead atoms. The summed E-state index contributed by atoms with van der Waals surface area (Å²) in [6, 6.07) is 29.1. The number of rotatable bonds is 8. The van der Waals surface area contributed by atoms with Crippen LogP contribution in [0.2, 0.25) is 0 Å². The Bertz CT molecular complexity index is 1020. The molecule has 3 rings (SSSR count). The van der Waals surface area contributed by atoms with Crippen molar-refractivity contribution >= 4 is 23.8 Å². The number of ether oxygens (including phenoxy) is 1. The van der Waals surface area contributed by atoms with Gasteiger partial charge in [0.25, 0.3) is 0 Å². The van der Waals surface area contributed by atoms with Crippen LogP contribution in [0.15, 0.2) is 95.7 Å². The van der Waals surface area contributed by atoms with E-state index in [1.165, 1.54) is 7.11 Å². The van der Waals surface area contributed by atoms with E-state index in [4.69, 9.17) is 9.48 Å². The zero-order valence-corrected chi connectivity index (χ0v) is 20.9. The minimum atomic E-state index is -2.91. The Labute approximate surface area is 209 Å². The van der Waals surface area contributed by atoms with Gasteiger partial charge in [-0.05, 0) is 17.0 Å². The Hall–Kier alpha value is -2.08. The molecule has 0 N–H and O–H groups in total. The molecule has 6 heteroatoms. The standard InChI is InChI=1S/C27H31NO3P.Li/c1-4-5-21-27(2,25(29)22-15-9-6-10-16-22)32(28-26(30)31-3,23-17-11-7-12-18-23)24-19-13-8-14-20-24;/h6-20,25H,4-5,21H2,1-3H3;/q-1;+1. The topological polar surface area (TPSA) is 61.7 Å². The van der Waals surface area contributed by atoms with Gasteiger partial charge in [0.1, 0.15) is 0 Å². The molecule has 0 heterocycles. The van der Waals surface area contributed by atoms with Crippen molar-refractivity contribution < 1.29 is 33.5 Å². The van der Waals surface area contributed by atoms with Gasteiger partial charge in [-0.15, -0.1) is 0 Å². The predicted molar refractivity (Wildman–Crippen MR) is 131 cm³/mol. The van der Waals surface area contributed by atoms with Gasteiger partial charge >= 0.3 is 25.0 Å². The summed E-state index contributed by atoms with van der Waals surface area (Å²) in [7, 11) is -1.57. The monoisotopic (exact) mass is 455 g/mol. The van der Waals surface area contributed by atoms with Crippen molar-refractivity contribution in [3.63, 3.8) is 0 Å². The molecular formula is C27H31LiNO3P. The molecule has 168 valence electrons. The first-order valence-corrected chi connectivity index (χ1v) is 12.8. The first-order chi connectivity index (χ1) is 15.5. The Kier molecular flexibility index (Phi) is 10.2. The number of carbonyl (C=O) groups is 1. The third-order valence-electron chi connectivity index (χ3n) is 6.11. The van der Waals surface area contributed by atoms with Crippen LogP contribution in [0, 0.1) is 0 Å². The van der Waals surface area contributed by atoms with E-state index in [2.05, 4.69) is 6.92 Å². The number of benzene rings is 3. The Morgan fingerprint density at radius 2 is 1.39 bits per heavy atom. The van der Waals surface area contributed by atoms with Crippen molar-refractivity contribution in [2.45, 2.75) is 44.4 Å². The number of hydrogen-bond donors (Lipinski definition) is 0. The van der Waals surface area contributed by atoms with E-state index in [0.29, 0.717) is 12.0 Å². The maximum absolute atomic E-state index is 14.3. The zero-order valence-electron chi connectivity index (χ0n) is 20.0. The van der Waals surface area contributed by atoms with Crippen LogP contribution in [0.1, 0.15) is 44.8 Å². The maximum Gasteiger partial charge on any atom is 1.00 e. The number of carbonyl (C=O) groups excluding carboxylic acids is 1. The molecule has 0 spiro atoms. The molecule has 0 aliphatic rings. The van der Waals surface area contributed by atoms with Crippen LogP contribution in [0.4, 0.5) is 4.79 Å². The number of amides is 1. The van der Waals surface area contributed by atoms with E-state index in [-0.39, 0.29) is 18.9 Å². The van der Waals surface area contributed by atoms with Crippen molar-refractivity contribution in [2.24, 2.45) is 4.74 Å². The largest absolute Gasteiger partial charge is 1.00 e. The van der Waals surface area contributed by atoms with Gasteiger partial charge < -0.3 is 9.84 Å². The normalized spacial score (nSPS) is 13.8. The third-order valence-corrected chi connectivity index (χ3v) is 10.6. The molecule has 0 saturated carbocycles. The molecule has 0 saturated heterocycles. The van der Waals surface area contributed by atoms with Gasteiger partial charge in [0.2, 0.25) is 0 Å². The summed E-state index contributed by atoms with van der Waals surface area (Å²) in [5.74, 6) is 0. The molecule has 0 aliphatic heterocycles. The molecule has 0 fully saturated rings. The average Bonchev–Trinajstić information content (AvgIpc) is 2.86.